The van der Waals surface area contributed by atoms with E-state index < -0.39 is 24.0 Å². The molecule has 0 saturated heterocycles. The lowest BCUT2D eigenvalue weighted by Crippen LogP contribution is -2.44. The molecule has 3 N–H and O–H groups in total. The van der Waals surface area contributed by atoms with Gasteiger partial charge in [0.15, 0.2) is 6.04 Å². The lowest BCUT2D eigenvalue weighted by atomic mass is 9.98. The Morgan fingerprint density at radius 2 is 1.74 bits per heavy atom. The molecule has 10 nitrogen and oxygen atoms in total. The Balaban J connectivity index is 1.35. The number of fused-ring (bicyclic) bond motifs is 3. The number of carbonyl (C=O) groups is 3. The van der Waals surface area contributed by atoms with Gasteiger partial charge in [0.05, 0.1) is 13.2 Å². The van der Waals surface area contributed by atoms with Crippen molar-refractivity contribution in [3.05, 3.63) is 77.2 Å². The van der Waals surface area contributed by atoms with E-state index in [2.05, 4.69) is 15.8 Å². The molecule has 0 aliphatic heterocycles. The number of amides is 2. The second kappa shape index (κ2) is 10.2. The molecule has 0 spiro atoms. The van der Waals surface area contributed by atoms with Crippen molar-refractivity contribution in [1.82, 2.24) is 15.8 Å². The molecule has 2 amide bonds. The fraction of sp³-hybridized carbons (Fsp3) is 0.250. The molecule has 4 rings (SSSR count). The first-order valence-electron chi connectivity index (χ1n) is 10.5. The van der Waals surface area contributed by atoms with Gasteiger partial charge >= 0.3 is 12.1 Å². The van der Waals surface area contributed by atoms with Gasteiger partial charge in [-0.05, 0) is 22.3 Å². The maximum atomic E-state index is 12.4. The van der Waals surface area contributed by atoms with Crippen LogP contribution in [0.25, 0.3) is 11.1 Å². The molecule has 1 heterocycles. The first-order chi connectivity index (χ1) is 16.5. The minimum atomic E-state index is -1.25. The third-order valence-electron chi connectivity index (χ3n) is 5.57. The molecule has 2 aromatic carbocycles. The van der Waals surface area contributed by atoms with Crippen LogP contribution < -0.4 is 10.6 Å². The zero-order chi connectivity index (χ0) is 24.1. The summed E-state index contributed by atoms with van der Waals surface area (Å²) in [6, 6.07) is 14.8. The summed E-state index contributed by atoms with van der Waals surface area (Å²) < 4.78 is 15.1. The van der Waals surface area contributed by atoms with Gasteiger partial charge in [-0.1, -0.05) is 53.7 Å². The summed E-state index contributed by atoms with van der Waals surface area (Å²) in [5, 5.41) is 17.8. The van der Waals surface area contributed by atoms with Gasteiger partial charge in [0.1, 0.15) is 24.1 Å². The third kappa shape index (κ3) is 4.76. The van der Waals surface area contributed by atoms with Crippen LogP contribution in [0.15, 0.2) is 59.3 Å². The summed E-state index contributed by atoms with van der Waals surface area (Å²) >= 11 is 0. The van der Waals surface area contributed by atoms with Crippen molar-refractivity contribution in [2.75, 3.05) is 20.3 Å². The molecule has 1 aromatic heterocycles. The van der Waals surface area contributed by atoms with Gasteiger partial charge in [-0.3, -0.25) is 4.79 Å². The lowest BCUT2D eigenvalue weighted by molar-refractivity contribution is -0.140. The molecule has 10 heteroatoms. The van der Waals surface area contributed by atoms with Crippen LogP contribution in [0.3, 0.4) is 0 Å². The Hall–Kier alpha value is -4.18. The molecule has 0 unspecified atom stereocenters. The number of aliphatic carboxylic acids is 1. The summed E-state index contributed by atoms with van der Waals surface area (Å²) in [7, 11) is 1.32. The number of rotatable bonds is 9. The Kier molecular flexibility index (Phi) is 6.88. The van der Waals surface area contributed by atoms with E-state index in [-0.39, 0.29) is 36.9 Å². The van der Waals surface area contributed by atoms with E-state index in [4.69, 9.17) is 19.1 Å². The van der Waals surface area contributed by atoms with Crippen molar-refractivity contribution >= 4 is 18.0 Å². The second-order valence-electron chi connectivity index (χ2n) is 7.67. The van der Waals surface area contributed by atoms with Crippen molar-refractivity contribution in [1.29, 1.82) is 0 Å². The fourth-order valence-electron chi connectivity index (χ4n) is 3.95. The number of carboxylic acids is 1. The quantitative estimate of drug-likeness (QED) is 0.438. The van der Waals surface area contributed by atoms with Crippen molar-refractivity contribution in [3.63, 3.8) is 0 Å². The van der Waals surface area contributed by atoms with Crippen LogP contribution in [-0.4, -0.2) is 54.6 Å². The van der Waals surface area contributed by atoms with Gasteiger partial charge in [-0.15, -0.1) is 0 Å². The van der Waals surface area contributed by atoms with E-state index in [1.165, 1.54) is 7.11 Å². The van der Waals surface area contributed by atoms with E-state index in [1.54, 1.807) is 0 Å². The van der Waals surface area contributed by atoms with E-state index in [0.717, 1.165) is 28.5 Å². The molecular formula is C24H23N3O7. The fourth-order valence-corrected chi connectivity index (χ4v) is 3.95. The van der Waals surface area contributed by atoms with Gasteiger partial charge in [0.2, 0.25) is 0 Å². The monoisotopic (exact) mass is 465 g/mol. The zero-order valence-corrected chi connectivity index (χ0v) is 18.3. The molecule has 0 saturated carbocycles. The number of aromatic nitrogens is 1. The van der Waals surface area contributed by atoms with E-state index >= 15 is 0 Å². The number of nitrogens with one attached hydrogen (secondary N) is 2. The van der Waals surface area contributed by atoms with Crippen LogP contribution in [0.2, 0.25) is 0 Å². The zero-order valence-electron chi connectivity index (χ0n) is 18.3. The Morgan fingerprint density at radius 3 is 2.35 bits per heavy atom. The highest BCUT2D eigenvalue weighted by atomic mass is 16.5. The standard InChI is InChI=1S/C24H23N3O7/c1-32-13-21(23(29)30)26-22(28)19-12-34-27-20(19)10-25-24(31)33-11-18-16-8-4-2-6-14(16)15-7-3-5-9-17(15)18/h2-9,12,18,21H,10-11,13H2,1H3,(H,25,31)(H,26,28)(H,29,30)/t21-/m0/s1. The minimum Gasteiger partial charge on any atom is -0.480 e. The number of carboxylic acid groups (broad SMARTS) is 1. The normalized spacial score (nSPS) is 13.0. The highest BCUT2D eigenvalue weighted by molar-refractivity contribution is 5.97. The van der Waals surface area contributed by atoms with Gasteiger partial charge < -0.3 is 29.7 Å². The molecule has 0 radical (unpaired) electrons. The maximum Gasteiger partial charge on any atom is 0.407 e. The van der Waals surface area contributed by atoms with Crippen LogP contribution in [0.1, 0.15) is 33.1 Å². The average Bonchev–Trinajstić information content (AvgIpc) is 3.44. The largest absolute Gasteiger partial charge is 0.480 e. The molecule has 34 heavy (non-hydrogen) atoms. The van der Waals surface area contributed by atoms with Crippen LogP contribution in [0.4, 0.5) is 4.79 Å². The smallest absolute Gasteiger partial charge is 0.407 e. The molecular weight excluding hydrogens is 442 g/mol. The van der Waals surface area contributed by atoms with Crippen molar-refractivity contribution in [2.24, 2.45) is 0 Å². The molecule has 1 aliphatic rings. The number of ether oxygens (including phenoxy) is 2. The molecule has 3 aromatic rings. The predicted octanol–water partition coefficient (Wildman–Crippen LogP) is 2.54. The Morgan fingerprint density at radius 1 is 1.09 bits per heavy atom. The van der Waals surface area contributed by atoms with Gasteiger partial charge in [-0.25, -0.2) is 9.59 Å². The highest BCUT2D eigenvalue weighted by Gasteiger charge is 2.29. The topological polar surface area (TPSA) is 140 Å². The second-order valence-corrected chi connectivity index (χ2v) is 7.67. The van der Waals surface area contributed by atoms with Crippen molar-refractivity contribution in [3.8, 4) is 11.1 Å². The average molecular weight is 465 g/mol. The number of alkyl carbamates (subject to hydrolysis) is 1. The van der Waals surface area contributed by atoms with Gasteiger partial charge in [0.25, 0.3) is 5.91 Å². The van der Waals surface area contributed by atoms with Gasteiger partial charge in [0, 0.05) is 13.0 Å². The van der Waals surface area contributed by atoms with Gasteiger partial charge in [-0.2, -0.15) is 0 Å². The summed E-state index contributed by atoms with van der Waals surface area (Å²) in [6.45, 7) is -0.207. The number of benzene rings is 2. The maximum absolute atomic E-state index is 12.4. The highest BCUT2D eigenvalue weighted by Crippen LogP contribution is 2.44. The SMILES string of the molecule is COC[C@H](NC(=O)c1conc1CNC(=O)OCC1c2ccccc2-c2ccccc21)C(=O)O. The molecule has 0 bridgehead atoms. The number of hydrogen-bond acceptors (Lipinski definition) is 7. The third-order valence-corrected chi connectivity index (χ3v) is 5.57. The number of hydrogen-bond donors (Lipinski definition) is 3. The predicted molar refractivity (Wildman–Crippen MR) is 119 cm³/mol. The van der Waals surface area contributed by atoms with Crippen LogP contribution >= 0.6 is 0 Å². The van der Waals surface area contributed by atoms with Crippen LogP contribution in [0, 0.1) is 0 Å². The number of nitrogens with zero attached hydrogens (tertiary/aromatic N) is 1. The van der Waals surface area contributed by atoms with E-state index in [1.807, 2.05) is 48.5 Å². The molecule has 1 aliphatic carbocycles. The van der Waals surface area contributed by atoms with E-state index in [0.29, 0.717) is 0 Å². The van der Waals surface area contributed by atoms with Crippen LogP contribution in [-0.2, 0) is 20.8 Å². The molecule has 1 atom stereocenters. The van der Waals surface area contributed by atoms with Crippen molar-refractivity contribution < 1.29 is 33.5 Å². The van der Waals surface area contributed by atoms with Crippen LogP contribution in [0.5, 0.6) is 0 Å². The number of methoxy groups -OCH3 is 1. The summed E-state index contributed by atoms with van der Waals surface area (Å²) in [6.07, 6.45) is 0.398. The van der Waals surface area contributed by atoms with Crippen molar-refractivity contribution in [2.45, 2.75) is 18.5 Å². The molecule has 0 fully saturated rings. The number of carbonyl (C=O) groups excluding carboxylic acids is 2. The lowest BCUT2D eigenvalue weighted by Gasteiger charge is -2.15. The summed E-state index contributed by atoms with van der Waals surface area (Å²) in [4.78, 5) is 36.0. The minimum absolute atomic E-state index is 0.00120. The Bertz CT molecular complexity index is 1160. The summed E-state index contributed by atoms with van der Waals surface area (Å²) in [5.41, 5.74) is 4.57. The summed E-state index contributed by atoms with van der Waals surface area (Å²) in [5.74, 6) is -2.04. The first kappa shape index (κ1) is 23.0. The van der Waals surface area contributed by atoms with E-state index in [9.17, 15) is 14.4 Å². The molecule has 176 valence electrons. The first-order valence-corrected chi connectivity index (χ1v) is 10.5. The Labute approximate surface area is 194 Å².